The van der Waals surface area contributed by atoms with Gasteiger partial charge in [-0.25, -0.2) is 13.2 Å². The summed E-state index contributed by atoms with van der Waals surface area (Å²) in [6.45, 7) is -0.274. The Morgan fingerprint density at radius 3 is 2.33 bits per heavy atom. The summed E-state index contributed by atoms with van der Waals surface area (Å²) < 4.78 is 67.5. The number of hydrogen-bond donors (Lipinski definition) is 0. The molecule has 0 unspecified atom stereocenters. The van der Waals surface area contributed by atoms with Crippen LogP contribution in [0.1, 0.15) is 0 Å². The van der Waals surface area contributed by atoms with Gasteiger partial charge in [0.15, 0.2) is 11.6 Å². The summed E-state index contributed by atoms with van der Waals surface area (Å²) in [5, 5.41) is 4.18. The van der Waals surface area contributed by atoms with Gasteiger partial charge >= 0.3 is 0 Å². The number of halogens is 4. The lowest BCUT2D eigenvalue weighted by atomic mass is 10.0. The largest absolute Gasteiger partial charge is 0.453 e. The first-order valence-electron chi connectivity index (χ1n) is 8.70. The summed E-state index contributed by atoms with van der Waals surface area (Å²) in [6, 6.07) is 9.31. The van der Waals surface area contributed by atoms with Crippen LogP contribution in [0.3, 0.4) is 0 Å². The minimum Gasteiger partial charge on any atom is -0.453 e. The van der Waals surface area contributed by atoms with Crippen molar-refractivity contribution in [3.63, 3.8) is 0 Å². The van der Waals surface area contributed by atoms with Gasteiger partial charge in [-0.05, 0) is 48.5 Å². The van der Waals surface area contributed by atoms with Gasteiger partial charge in [0.1, 0.15) is 17.3 Å². The Labute approximate surface area is 165 Å². The predicted molar refractivity (Wildman–Crippen MR) is 98.7 cm³/mol. The van der Waals surface area contributed by atoms with E-state index in [0.29, 0.717) is 0 Å². The van der Waals surface area contributed by atoms with Crippen LogP contribution in [0, 0.1) is 23.3 Å². The summed E-state index contributed by atoms with van der Waals surface area (Å²) in [5.74, 6) is -4.15. The standard InChI is InChI=1S/C21H10F4N2O3/c22-10-1-4-12(5-2-10)27-21(28)14-7-11(23)3-6-13(14)19(26-27)15-8-16-20(30-9-29-16)18(25)17(15)24/h1-8H,9H2. The molecule has 4 aromatic rings. The van der Waals surface area contributed by atoms with Gasteiger partial charge in [-0.3, -0.25) is 4.79 Å². The summed E-state index contributed by atoms with van der Waals surface area (Å²) in [5.41, 5.74) is -0.968. The lowest BCUT2D eigenvalue weighted by Crippen LogP contribution is -2.22. The van der Waals surface area contributed by atoms with Gasteiger partial charge in [0.2, 0.25) is 18.4 Å². The fourth-order valence-corrected chi connectivity index (χ4v) is 3.32. The third kappa shape index (κ3) is 2.70. The third-order valence-electron chi connectivity index (χ3n) is 4.73. The van der Waals surface area contributed by atoms with Crippen LogP contribution < -0.4 is 15.0 Å². The van der Waals surface area contributed by atoms with Crippen molar-refractivity contribution in [1.29, 1.82) is 0 Å². The lowest BCUT2D eigenvalue weighted by Gasteiger charge is -2.13. The molecule has 1 aromatic heterocycles. The molecule has 0 atom stereocenters. The fraction of sp³-hybridized carbons (Fsp3) is 0.0476. The van der Waals surface area contributed by atoms with Crippen LogP contribution >= 0.6 is 0 Å². The van der Waals surface area contributed by atoms with Gasteiger partial charge in [0.05, 0.1) is 11.1 Å². The second kappa shape index (κ2) is 6.58. The van der Waals surface area contributed by atoms with E-state index in [4.69, 9.17) is 9.47 Å². The van der Waals surface area contributed by atoms with E-state index in [1.807, 2.05) is 0 Å². The Hall–Kier alpha value is -3.88. The maximum atomic E-state index is 14.9. The van der Waals surface area contributed by atoms with Crippen molar-refractivity contribution in [3.05, 3.63) is 82.2 Å². The van der Waals surface area contributed by atoms with Crippen molar-refractivity contribution in [1.82, 2.24) is 9.78 Å². The highest BCUT2D eigenvalue weighted by Gasteiger charge is 2.27. The zero-order valence-corrected chi connectivity index (χ0v) is 15.0. The molecule has 0 saturated carbocycles. The van der Waals surface area contributed by atoms with E-state index in [1.165, 1.54) is 24.3 Å². The molecular formula is C21H10F4N2O3. The molecule has 1 aliphatic rings. The van der Waals surface area contributed by atoms with E-state index >= 15 is 0 Å². The van der Waals surface area contributed by atoms with Gasteiger partial charge < -0.3 is 9.47 Å². The van der Waals surface area contributed by atoms with Crippen molar-refractivity contribution in [2.75, 3.05) is 6.79 Å². The fourth-order valence-electron chi connectivity index (χ4n) is 3.32. The lowest BCUT2D eigenvalue weighted by molar-refractivity contribution is 0.170. The molecule has 3 aromatic carbocycles. The van der Waals surface area contributed by atoms with Gasteiger partial charge in [-0.2, -0.15) is 14.2 Å². The van der Waals surface area contributed by atoms with Crippen LogP contribution in [0.15, 0.2) is 53.3 Å². The Morgan fingerprint density at radius 2 is 1.57 bits per heavy atom. The monoisotopic (exact) mass is 414 g/mol. The quantitative estimate of drug-likeness (QED) is 0.458. The summed E-state index contributed by atoms with van der Waals surface area (Å²) in [6.07, 6.45) is 0. The minimum absolute atomic E-state index is 0.0273. The highest BCUT2D eigenvalue weighted by molar-refractivity contribution is 5.94. The van der Waals surface area contributed by atoms with Gasteiger partial charge in [-0.15, -0.1) is 0 Å². The SMILES string of the molecule is O=c1c2cc(F)ccc2c(-c2cc3c(c(F)c2F)OCO3)nn1-c1ccc(F)cc1. The van der Waals surface area contributed by atoms with Crippen molar-refractivity contribution >= 4 is 10.8 Å². The van der Waals surface area contributed by atoms with Crippen LogP contribution in [0.25, 0.3) is 27.7 Å². The van der Waals surface area contributed by atoms with Gasteiger partial charge in [-0.1, -0.05) is 0 Å². The Bertz CT molecular complexity index is 1380. The van der Waals surface area contributed by atoms with Crippen molar-refractivity contribution in [3.8, 4) is 28.4 Å². The molecule has 2 heterocycles. The molecule has 0 saturated heterocycles. The molecule has 0 amide bonds. The number of hydrogen-bond acceptors (Lipinski definition) is 4. The van der Waals surface area contributed by atoms with E-state index in [1.54, 1.807) is 0 Å². The first kappa shape index (κ1) is 18.2. The molecule has 0 aliphatic carbocycles. The molecule has 0 N–H and O–H groups in total. The summed E-state index contributed by atoms with van der Waals surface area (Å²) in [7, 11) is 0. The normalized spacial score (nSPS) is 12.5. The molecule has 0 fully saturated rings. The van der Waals surface area contributed by atoms with Gasteiger partial charge in [0, 0.05) is 10.9 Å². The van der Waals surface area contributed by atoms with Crippen LogP contribution in [0.5, 0.6) is 11.5 Å². The van der Waals surface area contributed by atoms with Crippen molar-refractivity contribution < 1.29 is 27.0 Å². The highest BCUT2D eigenvalue weighted by Crippen LogP contribution is 2.41. The number of fused-ring (bicyclic) bond motifs is 2. The minimum atomic E-state index is -1.27. The Balaban J connectivity index is 1.87. The van der Waals surface area contributed by atoms with E-state index in [0.717, 1.165) is 28.9 Å². The van der Waals surface area contributed by atoms with Crippen LogP contribution in [-0.4, -0.2) is 16.6 Å². The van der Waals surface area contributed by atoms with Crippen LogP contribution in [0.2, 0.25) is 0 Å². The van der Waals surface area contributed by atoms with E-state index in [9.17, 15) is 22.4 Å². The summed E-state index contributed by atoms with van der Waals surface area (Å²) in [4.78, 5) is 12.9. The predicted octanol–water partition coefficient (Wildman–Crippen LogP) is 4.34. The number of ether oxygens (including phenoxy) is 2. The molecule has 0 radical (unpaired) electrons. The van der Waals surface area contributed by atoms with E-state index in [2.05, 4.69) is 5.10 Å². The highest BCUT2D eigenvalue weighted by atomic mass is 19.2. The number of aromatic nitrogens is 2. The third-order valence-corrected chi connectivity index (χ3v) is 4.73. The maximum Gasteiger partial charge on any atom is 0.279 e. The Kier molecular flexibility index (Phi) is 3.99. The molecule has 150 valence electrons. The average molecular weight is 414 g/mol. The van der Waals surface area contributed by atoms with Crippen LogP contribution in [0.4, 0.5) is 17.6 Å². The molecule has 0 bridgehead atoms. The van der Waals surface area contributed by atoms with Crippen molar-refractivity contribution in [2.45, 2.75) is 0 Å². The van der Waals surface area contributed by atoms with Crippen molar-refractivity contribution in [2.24, 2.45) is 0 Å². The first-order chi connectivity index (χ1) is 14.4. The number of rotatable bonds is 2. The first-order valence-corrected chi connectivity index (χ1v) is 8.70. The molecule has 5 nitrogen and oxygen atoms in total. The second-order valence-corrected chi connectivity index (χ2v) is 6.52. The van der Waals surface area contributed by atoms with E-state index in [-0.39, 0.29) is 46.0 Å². The van der Waals surface area contributed by atoms with Crippen LogP contribution in [-0.2, 0) is 0 Å². The molecular weight excluding hydrogens is 404 g/mol. The maximum absolute atomic E-state index is 14.9. The zero-order chi connectivity index (χ0) is 21.0. The smallest absolute Gasteiger partial charge is 0.279 e. The molecule has 1 aliphatic heterocycles. The topological polar surface area (TPSA) is 53.4 Å². The molecule has 9 heteroatoms. The number of benzene rings is 3. The zero-order valence-electron chi connectivity index (χ0n) is 15.0. The van der Waals surface area contributed by atoms with E-state index < -0.39 is 28.8 Å². The van der Waals surface area contributed by atoms with Gasteiger partial charge in [0.25, 0.3) is 5.56 Å². The average Bonchev–Trinajstić information content (AvgIpc) is 3.21. The number of nitrogens with zero attached hydrogens (tertiary/aromatic N) is 2. The second-order valence-electron chi connectivity index (χ2n) is 6.52. The molecule has 5 rings (SSSR count). The Morgan fingerprint density at radius 1 is 0.833 bits per heavy atom. The molecule has 30 heavy (non-hydrogen) atoms. The molecule has 0 spiro atoms. The summed E-state index contributed by atoms with van der Waals surface area (Å²) >= 11 is 0.